The number of benzene rings is 1. The zero-order valence-electron chi connectivity index (χ0n) is 8.60. The van der Waals surface area contributed by atoms with E-state index in [9.17, 15) is 9.90 Å². The third-order valence-corrected chi connectivity index (χ3v) is 2.24. The Kier molecular flexibility index (Phi) is 2.40. The molecule has 16 heavy (non-hydrogen) atoms. The molecule has 2 aromatic rings. The number of aromatic carboxylic acids is 1. The van der Waals surface area contributed by atoms with E-state index in [-0.39, 0.29) is 11.5 Å². The molecule has 0 amide bonds. The predicted octanol–water partition coefficient (Wildman–Crippen LogP) is 2.66. The Hall–Kier alpha value is -2.23. The number of carboxylic acids is 1. The Balaban J connectivity index is 2.49. The second-order valence-corrected chi connectivity index (χ2v) is 3.48. The first-order valence-corrected chi connectivity index (χ1v) is 4.71. The summed E-state index contributed by atoms with van der Waals surface area (Å²) < 4.78 is 5.21. The van der Waals surface area contributed by atoms with Gasteiger partial charge in [-0.15, -0.1) is 0 Å². The molecule has 82 valence electrons. The smallest absolute Gasteiger partial charge is 0.372 e. The number of aromatic hydroxyl groups is 1. The molecule has 0 aliphatic rings. The number of hydrogen-bond acceptors (Lipinski definition) is 3. The topological polar surface area (TPSA) is 70.7 Å². The van der Waals surface area contributed by atoms with E-state index >= 15 is 0 Å². The van der Waals surface area contributed by atoms with Gasteiger partial charge in [0.05, 0.1) is 0 Å². The monoisotopic (exact) mass is 218 g/mol. The Labute approximate surface area is 91.8 Å². The SMILES string of the molecule is Cc1cc(-c2cccc(O)c2)oc1C(=O)O. The van der Waals surface area contributed by atoms with Crippen molar-refractivity contribution < 1.29 is 19.4 Å². The highest BCUT2D eigenvalue weighted by atomic mass is 16.4. The fourth-order valence-corrected chi connectivity index (χ4v) is 1.50. The molecule has 0 spiro atoms. The van der Waals surface area contributed by atoms with Crippen LogP contribution in [-0.4, -0.2) is 16.2 Å². The van der Waals surface area contributed by atoms with Crippen LogP contribution < -0.4 is 0 Å². The highest BCUT2D eigenvalue weighted by Gasteiger charge is 2.15. The second-order valence-electron chi connectivity index (χ2n) is 3.48. The highest BCUT2D eigenvalue weighted by molar-refractivity contribution is 5.87. The van der Waals surface area contributed by atoms with E-state index < -0.39 is 5.97 Å². The number of hydrogen-bond donors (Lipinski definition) is 2. The van der Waals surface area contributed by atoms with Crippen LogP contribution in [0.1, 0.15) is 16.1 Å². The number of carboxylic acid groups (broad SMARTS) is 1. The molecule has 0 radical (unpaired) electrons. The molecule has 4 heteroatoms. The number of carbonyl (C=O) groups is 1. The van der Waals surface area contributed by atoms with Crippen LogP contribution in [0.3, 0.4) is 0 Å². The van der Waals surface area contributed by atoms with Crippen molar-refractivity contribution >= 4 is 5.97 Å². The summed E-state index contributed by atoms with van der Waals surface area (Å²) in [5.74, 6) is -0.614. The Morgan fingerprint density at radius 3 is 2.62 bits per heavy atom. The van der Waals surface area contributed by atoms with E-state index in [2.05, 4.69) is 0 Å². The van der Waals surface area contributed by atoms with Crippen molar-refractivity contribution in [1.82, 2.24) is 0 Å². The molecule has 1 heterocycles. The van der Waals surface area contributed by atoms with E-state index in [0.717, 1.165) is 0 Å². The van der Waals surface area contributed by atoms with Crippen molar-refractivity contribution in [1.29, 1.82) is 0 Å². The predicted molar refractivity (Wildman–Crippen MR) is 57.5 cm³/mol. The summed E-state index contributed by atoms with van der Waals surface area (Å²) >= 11 is 0. The van der Waals surface area contributed by atoms with Crippen molar-refractivity contribution in [2.24, 2.45) is 0 Å². The van der Waals surface area contributed by atoms with Gasteiger partial charge >= 0.3 is 5.97 Å². The lowest BCUT2D eigenvalue weighted by atomic mass is 10.1. The molecule has 0 fully saturated rings. The van der Waals surface area contributed by atoms with Gasteiger partial charge in [-0.1, -0.05) is 12.1 Å². The Morgan fingerprint density at radius 2 is 2.06 bits per heavy atom. The normalized spacial score (nSPS) is 10.3. The minimum Gasteiger partial charge on any atom is -0.508 e. The summed E-state index contributed by atoms with van der Waals surface area (Å²) in [6.07, 6.45) is 0. The first-order chi connectivity index (χ1) is 7.58. The van der Waals surface area contributed by atoms with Crippen molar-refractivity contribution in [2.45, 2.75) is 6.92 Å². The second kappa shape index (κ2) is 3.73. The fourth-order valence-electron chi connectivity index (χ4n) is 1.50. The van der Waals surface area contributed by atoms with Crippen molar-refractivity contribution in [3.05, 3.63) is 41.7 Å². The maximum atomic E-state index is 10.8. The third kappa shape index (κ3) is 1.77. The number of furan rings is 1. The molecule has 0 aliphatic carbocycles. The molecule has 2 rings (SSSR count). The van der Waals surface area contributed by atoms with Gasteiger partial charge in [0, 0.05) is 11.1 Å². The minimum absolute atomic E-state index is 0.0710. The zero-order chi connectivity index (χ0) is 11.7. The lowest BCUT2D eigenvalue weighted by molar-refractivity contribution is 0.0662. The lowest BCUT2D eigenvalue weighted by Crippen LogP contribution is -1.94. The number of phenols is 1. The summed E-state index contributed by atoms with van der Waals surface area (Å²) in [5.41, 5.74) is 1.21. The van der Waals surface area contributed by atoms with E-state index in [1.807, 2.05) is 0 Å². The maximum Gasteiger partial charge on any atom is 0.372 e. The Bertz CT molecular complexity index is 540. The first-order valence-electron chi connectivity index (χ1n) is 4.71. The molecule has 0 saturated carbocycles. The summed E-state index contributed by atoms with van der Waals surface area (Å²) in [4.78, 5) is 10.8. The molecule has 1 aromatic heterocycles. The molecule has 2 N–H and O–H groups in total. The summed E-state index contributed by atoms with van der Waals surface area (Å²) in [7, 11) is 0. The van der Waals surface area contributed by atoms with Gasteiger partial charge < -0.3 is 14.6 Å². The molecule has 1 aromatic carbocycles. The minimum atomic E-state index is -1.09. The fraction of sp³-hybridized carbons (Fsp3) is 0.0833. The molecule has 4 nitrogen and oxygen atoms in total. The first kappa shape index (κ1) is 10.3. The van der Waals surface area contributed by atoms with E-state index in [0.29, 0.717) is 16.9 Å². The van der Waals surface area contributed by atoms with Gasteiger partial charge in [-0.25, -0.2) is 4.79 Å². The largest absolute Gasteiger partial charge is 0.508 e. The van der Waals surface area contributed by atoms with Crippen molar-refractivity contribution in [3.63, 3.8) is 0 Å². The average molecular weight is 218 g/mol. The quantitative estimate of drug-likeness (QED) is 0.812. The number of aryl methyl sites for hydroxylation is 1. The van der Waals surface area contributed by atoms with Gasteiger partial charge in [0.25, 0.3) is 0 Å². The van der Waals surface area contributed by atoms with Crippen LogP contribution in [0.4, 0.5) is 0 Å². The molecule has 0 aliphatic heterocycles. The van der Waals surface area contributed by atoms with E-state index in [1.54, 1.807) is 25.1 Å². The maximum absolute atomic E-state index is 10.8. The molecular formula is C12H10O4. The van der Waals surface area contributed by atoms with Crippen LogP contribution in [0, 0.1) is 6.92 Å². The van der Waals surface area contributed by atoms with E-state index in [1.165, 1.54) is 12.1 Å². The van der Waals surface area contributed by atoms with Crippen LogP contribution in [0.25, 0.3) is 11.3 Å². The average Bonchev–Trinajstić information content (AvgIpc) is 2.60. The Morgan fingerprint density at radius 1 is 1.31 bits per heavy atom. The van der Waals surface area contributed by atoms with Crippen LogP contribution >= 0.6 is 0 Å². The summed E-state index contributed by atoms with van der Waals surface area (Å²) in [6, 6.07) is 8.10. The summed E-state index contributed by atoms with van der Waals surface area (Å²) in [6.45, 7) is 1.67. The van der Waals surface area contributed by atoms with Gasteiger partial charge in [-0.05, 0) is 25.1 Å². The van der Waals surface area contributed by atoms with Gasteiger partial charge in [0.1, 0.15) is 11.5 Å². The molecular weight excluding hydrogens is 208 g/mol. The lowest BCUT2D eigenvalue weighted by Gasteiger charge is -1.96. The van der Waals surface area contributed by atoms with E-state index in [4.69, 9.17) is 9.52 Å². The molecule has 0 saturated heterocycles. The molecule has 0 unspecified atom stereocenters. The number of phenolic OH excluding ortho intramolecular Hbond substituents is 1. The third-order valence-electron chi connectivity index (χ3n) is 2.24. The van der Waals surface area contributed by atoms with Crippen LogP contribution in [-0.2, 0) is 0 Å². The molecule has 0 bridgehead atoms. The van der Waals surface area contributed by atoms with Crippen LogP contribution in [0.5, 0.6) is 5.75 Å². The highest BCUT2D eigenvalue weighted by Crippen LogP contribution is 2.27. The van der Waals surface area contributed by atoms with Crippen LogP contribution in [0.2, 0.25) is 0 Å². The molecule has 0 atom stereocenters. The van der Waals surface area contributed by atoms with Crippen molar-refractivity contribution in [3.8, 4) is 17.1 Å². The van der Waals surface area contributed by atoms with Gasteiger partial charge in [0.15, 0.2) is 0 Å². The van der Waals surface area contributed by atoms with Gasteiger partial charge in [-0.2, -0.15) is 0 Å². The van der Waals surface area contributed by atoms with Gasteiger partial charge in [0.2, 0.25) is 5.76 Å². The van der Waals surface area contributed by atoms with Crippen LogP contribution in [0.15, 0.2) is 34.7 Å². The number of rotatable bonds is 2. The van der Waals surface area contributed by atoms with Gasteiger partial charge in [-0.3, -0.25) is 0 Å². The summed E-state index contributed by atoms with van der Waals surface area (Å²) in [5, 5.41) is 18.1. The standard InChI is InChI=1S/C12H10O4/c1-7-5-10(16-11(7)12(14)15)8-3-2-4-9(13)6-8/h2-6,13H,1H3,(H,14,15). The van der Waals surface area contributed by atoms with Crippen molar-refractivity contribution in [2.75, 3.05) is 0 Å². The zero-order valence-corrected chi connectivity index (χ0v) is 8.60.